The van der Waals surface area contributed by atoms with Crippen LogP contribution in [0.3, 0.4) is 0 Å². The smallest absolute Gasteiger partial charge is 0.437 e. The Hall–Kier alpha value is -1.68. The molecule has 4 nitrogen and oxygen atoms in total. The van der Waals surface area contributed by atoms with E-state index in [2.05, 4.69) is 0 Å². The average Bonchev–Trinajstić information content (AvgIpc) is 2.88. The van der Waals surface area contributed by atoms with Crippen molar-refractivity contribution in [2.75, 3.05) is 0 Å². The number of Topliss-reactive ketones (excluding diaryl/α,β-unsaturated/α-hetero) is 1. The fourth-order valence-electron chi connectivity index (χ4n) is 4.13. The molecule has 0 aromatic heterocycles. The third kappa shape index (κ3) is 2.24. The minimum Gasteiger partial charge on any atom is -0.437 e. The maximum Gasteiger partial charge on any atom is 0.575 e. The van der Waals surface area contributed by atoms with Crippen LogP contribution in [-0.4, -0.2) is 22.2 Å². The second-order valence-electron chi connectivity index (χ2n) is 6.44. The number of halogens is 4. The number of ether oxygens (including phenoxy) is 1. The summed E-state index contributed by atoms with van der Waals surface area (Å²) in [6.07, 6.45) is -4.12. The van der Waals surface area contributed by atoms with Gasteiger partial charge in [0.25, 0.3) is 0 Å². The predicted molar refractivity (Wildman–Crippen MR) is 95.7 cm³/mol. The molecule has 0 saturated carbocycles. The predicted octanol–water partition coefficient (Wildman–Crippen LogP) is 4.50. The van der Waals surface area contributed by atoms with Crippen LogP contribution in [0.2, 0.25) is 0 Å². The van der Waals surface area contributed by atoms with Gasteiger partial charge in [-0.1, -0.05) is 18.2 Å². The summed E-state index contributed by atoms with van der Waals surface area (Å²) < 4.78 is 46.8. The van der Waals surface area contributed by atoms with E-state index in [1.165, 1.54) is 24.3 Å². The van der Waals surface area contributed by atoms with E-state index in [1.807, 2.05) is 0 Å². The highest BCUT2D eigenvalue weighted by Gasteiger charge is 2.69. The molecular weight excluding hydrogens is 462 g/mol. The Balaban J connectivity index is 2.13. The van der Waals surface area contributed by atoms with Gasteiger partial charge in [0.2, 0.25) is 4.11 Å². The monoisotopic (exact) mass is 476 g/mol. The fraction of sp³-hybridized carbons (Fsp3) is 0.333. The van der Waals surface area contributed by atoms with E-state index < -0.39 is 20.9 Å². The number of hydrogen-bond acceptors (Lipinski definition) is 3. The van der Waals surface area contributed by atoms with Gasteiger partial charge < -0.3 is 4.74 Å². The summed E-state index contributed by atoms with van der Waals surface area (Å²) >= 11 is 1.72. The number of esters is 1. The zero-order chi connectivity index (χ0) is 18.7. The first-order valence-electron chi connectivity index (χ1n) is 8.14. The average molecular weight is 476 g/mol. The summed E-state index contributed by atoms with van der Waals surface area (Å²) in [5.41, 5.74) is -0.0611. The molecular formula is C18H14F3INO3+. The molecule has 0 amide bonds. The van der Waals surface area contributed by atoms with Crippen LogP contribution in [0.4, 0.5) is 18.9 Å². The van der Waals surface area contributed by atoms with Crippen molar-refractivity contribution in [2.45, 2.75) is 36.1 Å². The fourth-order valence-corrected chi connectivity index (χ4v) is 5.16. The zero-order valence-corrected chi connectivity index (χ0v) is 15.6. The van der Waals surface area contributed by atoms with Crippen molar-refractivity contribution < 1.29 is 27.5 Å². The molecule has 136 valence electrons. The lowest BCUT2D eigenvalue weighted by Gasteiger charge is -2.44. The highest BCUT2D eigenvalue weighted by molar-refractivity contribution is 14.1. The van der Waals surface area contributed by atoms with Crippen molar-refractivity contribution in [3.8, 4) is 0 Å². The first kappa shape index (κ1) is 17.7. The van der Waals surface area contributed by atoms with Gasteiger partial charge in [-0.2, -0.15) is 0 Å². The van der Waals surface area contributed by atoms with Crippen LogP contribution >= 0.6 is 22.6 Å². The number of quaternary nitrogens is 1. The lowest BCUT2D eigenvalue weighted by molar-refractivity contribution is -0.218. The normalized spacial score (nSPS) is 28.8. The molecule has 1 aromatic carbocycles. The molecule has 1 aliphatic carbocycles. The van der Waals surface area contributed by atoms with E-state index in [-0.39, 0.29) is 53.3 Å². The van der Waals surface area contributed by atoms with E-state index in [0.717, 1.165) is 0 Å². The van der Waals surface area contributed by atoms with Crippen LogP contribution in [-0.2, 0) is 14.3 Å². The number of alkyl halides is 4. The van der Waals surface area contributed by atoms with Crippen LogP contribution in [0, 0.1) is 0 Å². The number of carbonyl (C=O) groups is 2. The Labute approximate surface area is 161 Å². The minimum atomic E-state index is -4.77. The Morgan fingerprint density at radius 1 is 1.08 bits per heavy atom. The molecule has 3 aliphatic rings. The summed E-state index contributed by atoms with van der Waals surface area (Å²) in [5, 5.41) is 0. The molecule has 2 unspecified atom stereocenters. The molecule has 2 aliphatic heterocycles. The number of nitrogens with zero attached hydrogens (tertiary/aromatic N) is 1. The molecule has 26 heavy (non-hydrogen) atoms. The number of carbonyl (C=O) groups excluding carboxylic acids is 2. The van der Waals surface area contributed by atoms with Gasteiger partial charge in [0, 0.05) is 31.4 Å². The SMILES string of the molecule is O=C1CCCC2=C1CC1=C(C(I)OC1=O)[N+]2(c1ccccc1)C(F)(F)F. The van der Waals surface area contributed by atoms with Crippen molar-refractivity contribution in [1.29, 1.82) is 0 Å². The van der Waals surface area contributed by atoms with Gasteiger partial charge in [0.05, 0.1) is 5.57 Å². The largest absolute Gasteiger partial charge is 0.575 e. The summed E-state index contributed by atoms with van der Waals surface area (Å²) in [7, 11) is 0. The molecule has 0 saturated heterocycles. The first-order valence-corrected chi connectivity index (χ1v) is 9.39. The van der Waals surface area contributed by atoms with Gasteiger partial charge in [-0.05, 0) is 29.0 Å². The first-order chi connectivity index (χ1) is 12.3. The molecule has 0 N–H and O–H groups in total. The van der Waals surface area contributed by atoms with Gasteiger partial charge >= 0.3 is 12.3 Å². The van der Waals surface area contributed by atoms with Crippen molar-refractivity contribution in [3.05, 3.63) is 52.9 Å². The second kappa shape index (κ2) is 5.91. The van der Waals surface area contributed by atoms with Crippen molar-refractivity contribution in [3.63, 3.8) is 0 Å². The summed E-state index contributed by atoms with van der Waals surface area (Å²) in [6, 6.07) is 7.47. The van der Waals surface area contributed by atoms with Crippen molar-refractivity contribution in [1.82, 2.24) is 4.48 Å². The molecule has 4 rings (SSSR count). The minimum absolute atomic E-state index is 0.0265. The van der Waals surface area contributed by atoms with Gasteiger partial charge in [-0.15, -0.1) is 17.7 Å². The van der Waals surface area contributed by atoms with E-state index in [9.17, 15) is 22.8 Å². The molecule has 8 heteroatoms. The molecule has 0 fully saturated rings. The number of benzene rings is 1. The summed E-state index contributed by atoms with van der Waals surface area (Å²) in [5.74, 6) is -1.09. The molecule has 0 spiro atoms. The maximum atomic E-state index is 14.7. The van der Waals surface area contributed by atoms with E-state index in [4.69, 9.17) is 4.74 Å². The van der Waals surface area contributed by atoms with Crippen molar-refractivity contribution >= 4 is 40.0 Å². The van der Waals surface area contributed by atoms with Gasteiger partial charge in [-0.25, -0.2) is 4.79 Å². The number of para-hydroxylation sites is 1. The number of cyclic esters (lactones) is 1. The molecule has 2 atom stereocenters. The van der Waals surface area contributed by atoms with Crippen LogP contribution in [0.1, 0.15) is 25.7 Å². The Bertz CT molecular complexity index is 875. The highest BCUT2D eigenvalue weighted by Crippen LogP contribution is 2.56. The van der Waals surface area contributed by atoms with E-state index >= 15 is 0 Å². The second-order valence-corrected chi connectivity index (χ2v) is 7.57. The quantitative estimate of drug-likeness (QED) is 0.197. The third-order valence-electron chi connectivity index (χ3n) is 5.13. The van der Waals surface area contributed by atoms with E-state index in [1.54, 1.807) is 28.7 Å². The Morgan fingerprint density at radius 2 is 1.77 bits per heavy atom. The maximum absolute atomic E-state index is 14.7. The Kier molecular flexibility index (Phi) is 4.03. The third-order valence-corrected chi connectivity index (χ3v) is 5.97. The lowest BCUT2D eigenvalue weighted by Crippen LogP contribution is -2.61. The number of ketones is 1. The van der Waals surface area contributed by atoms with Crippen LogP contribution in [0.15, 0.2) is 52.9 Å². The topological polar surface area (TPSA) is 43.4 Å². The number of hydrogen-bond donors (Lipinski definition) is 0. The van der Waals surface area contributed by atoms with Crippen LogP contribution in [0.25, 0.3) is 0 Å². The standard InChI is InChI=1S/C18H14F3INO3/c19-18(20,21)23(10-5-2-1-3-6-10)13-7-4-8-14(24)11(13)9-12-15(23)16(22)26-17(12)25/h1-3,5-6,16H,4,7-9H2/q+1. The lowest BCUT2D eigenvalue weighted by atomic mass is 9.84. The van der Waals surface area contributed by atoms with Crippen LogP contribution < -0.4 is 4.48 Å². The van der Waals surface area contributed by atoms with Crippen LogP contribution in [0.5, 0.6) is 0 Å². The Morgan fingerprint density at radius 3 is 2.42 bits per heavy atom. The molecule has 0 radical (unpaired) electrons. The summed E-state index contributed by atoms with van der Waals surface area (Å²) in [4.78, 5) is 24.7. The molecule has 0 bridgehead atoms. The highest BCUT2D eigenvalue weighted by atomic mass is 127. The zero-order valence-electron chi connectivity index (χ0n) is 13.5. The number of rotatable bonds is 1. The molecule has 1 aromatic rings. The van der Waals surface area contributed by atoms with Gasteiger partial charge in [0.1, 0.15) is 17.0 Å². The van der Waals surface area contributed by atoms with Crippen molar-refractivity contribution in [2.24, 2.45) is 0 Å². The van der Waals surface area contributed by atoms with Gasteiger partial charge in [-0.3, -0.25) is 4.79 Å². The van der Waals surface area contributed by atoms with E-state index in [0.29, 0.717) is 6.42 Å². The molecule has 2 heterocycles. The number of allylic oxidation sites excluding steroid dienone is 2. The summed E-state index contributed by atoms with van der Waals surface area (Å²) in [6.45, 7) is 0. The van der Waals surface area contributed by atoms with Gasteiger partial charge in [0.15, 0.2) is 11.5 Å².